The number of carbonyl (C=O) groups is 1. The number of amides is 2. The van der Waals surface area contributed by atoms with Gasteiger partial charge in [-0.25, -0.2) is 4.79 Å². The monoisotopic (exact) mass is 225 g/mol. The largest absolute Gasteiger partial charge is 0.338 e. The molecule has 16 heavy (non-hydrogen) atoms. The first-order valence-corrected chi connectivity index (χ1v) is 5.92. The quantitative estimate of drug-likeness (QED) is 0.636. The number of nitrogens with one attached hydrogen (secondary N) is 3. The first-order valence-electron chi connectivity index (χ1n) is 5.92. The summed E-state index contributed by atoms with van der Waals surface area (Å²) in [4.78, 5) is 11.4. The lowest BCUT2D eigenvalue weighted by molar-refractivity contribution is 0.232. The minimum Gasteiger partial charge on any atom is -0.338 e. The standard InChI is InChI=1S/C12H23N3O/c1-12(2,3)15-11(16)14-9-6-10-4-7-13-8-5-10/h4,13H,5-9H2,1-3H3,(H2,14,15,16). The van der Waals surface area contributed by atoms with Crippen LogP contribution in [0.4, 0.5) is 4.79 Å². The van der Waals surface area contributed by atoms with Gasteiger partial charge in [-0.05, 0) is 40.2 Å². The molecule has 0 saturated heterocycles. The molecule has 4 heteroatoms. The van der Waals surface area contributed by atoms with E-state index in [1.807, 2.05) is 20.8 Å². The molecule has 0 aliphatic carbocycles. The number of carbonyl (C=O) groups excluding carboxylic acids is 1. The van der Waals surface area contributed by atoms with Gasteiger partial charge < -0.3 is 16.0 Å². The van der Waals surface area contributed by atoms with Crippen molar-refractivity contribution in [1.82, 2.24) is 16.0 Å². The summed E-state index contributed by atoms with van der Waals surface area (Å²) in [6.45, 7) is 8.66. The summed E-state index contributed by atoms with van der Waals surface area (Å²) >= 11 is 0. The summed E-state index contributed by atoms with van der Waals surface area (Å²) < 4.78 is 0. The summed E-state index contributed by atoms with van der Waals surface area (Å²) in [6.07, 6.45) is 4.27. The van der Waals surface area contributed by atoms with Crippen LogP contribution in [0.3, 0.4) is 0 Å². The molecule has 2 amide bonds. The Morgan fingerprint density at radius 3 is 2.81 bits per heavy atom. The van der Waals surface area contributed by atoms with Crippen LogP contribution in [0.15, 0.2) is 11.6 Å². The van der Waals surface area contributed by atoms with Crippen LogP contribution in [0.2, 0.25) is 0 Å². The number of rotatable bonds is 3. The first-order chi connectivity index (χ1) is 7.47. The van der Waals surface area contributed by atoms with Crippen molar-refractivity contribution in [2.45, 2.75) is 39.2 Å². The lowest BCUT2D eigenvalue weighted by Crippen LogP contribution is -2.46. The second kappa shape index (κ2) is 5.89. The van der Waals surface area contributed by atoms with E-state index in [9.17, 15) is 4.79 Å². The highest BCUT2D eigenvalue weighted by atomic mass is 16.2. The highest BCUT2D eigenvalue weighted by molar-refractivity contribution is 5.74. The lowest BCUT2D eigenvalue weighted by Gasteiger charge is -2.21. The molecule has 0 bridgehead atoms. The predicted octanol–water partition coefficient (Wildman–Crippen LogP) is 1.39. The average molecular weight is 225 g/mol. The van der Waals surface area contributed by atoms with Gasteiger partial charge in [-0.2, -0.15) is 0 Å². The summed E-state index contributed by atoms with van der Waals surface area (Å²) in [6, 6.07) is -0.0814. The zero-order valence-electron chi connectivity index (χ0n) is 10.5. The van der Waals surface area contributed by atoms with Crippen molar-refractivity contribution in [3.63, 3.8) is 0 Å². The maximum absolute atomic E-state index is 11.4. The van der Waals surface area contributed by atoms with E-state index in [2.05, 4.69) is 22.0 Å². The van der Waals surface area contributed by atoms with Gasteiger partial charge in [0.05, 0.1) is 0 Å². The third-order valence-electron chi connectivity index (χ3n) is 2.38. The van der Waals surface area contributed by atoms with Crippen LogP contribution in [-0.4, -0.2) is 31.2 Å². The molecule has 4 nitrogen and oxygen atoms in total. The molecule has 0 unspecified atom stereocenters. The van der Waals surface area contributed by atoms with E-state index in [4.69, 9.17) is 0 Å². The van der Waals surface area contributed by atoms with Gasteiger partial charge in [0.25, 0.3) is 0 Å². The van der Waals surface area contributed by atoms with E-state index in [0.717, 1.165) is 25.9 Å². The van der Waals surface area contributed by atoms with Gasteiger partial charge in [-0.1, -0.05) is 11.6 Å². The Labute approximate surface area is 97.9 Å². The van der Waals surface area contributed by atoms with Gasteiger partial charge >= 0.3 is 6.03 Å². The summed E-state index contributed by atoms with van der Waals surface area (Å²) in [5.74, 6) is 0. The van der Waals surface area contributed by atoms with Crippen LogP contribution in [0.1, 0.15) is 33.6 Å². The Hall–Kier alpha value is -1.03. The van der Waals surface area contributed by atoms with Gasteiger partial charge in [0, 0.05) is 18.6 Å². The Kier molecular flexibility index (Phi) is 4.80. The predicted molar refractivity (Wildman–Crippen MR) is 66.5 cm³/mol. The first kappa shape index (κ1) is 13.0. The molecule has 1 rings (SSSR count). The fraction of sp³-hybridized carbons (Fsp3) is 0.750. The van der Waals surface area contributed by atoms with E-state index < -0.39 is 0 Å². The molecule has 0 aromatic carbocycles. The van der Waals surface area contributed by atoms with Crippen molar-refractivity contribution < 1.29 is 4.79 Å². The van der Waals surface area contributed by atoms with Crippen molar-refractivity contribution in [3.8, 4) is 0 Å². The van der Waals surface area contributed by atoms with E-state index in [1.54, 1.807) is 0 Å². The van der Waals surface area contributed by atoms with Crippen LogP contribution in [0.25, 0.3) is 0 Å². The number of hydrogen-bond donors (Lipinski definition) is 3. The van der Waals surface area contributed by atoms with Crippen LogP contribution in [0.5, 0.6) is 0 Å². The molecule has 0 aromatic rings. The van der Waals surface area contributed by atoms with Crippen LogP contribution < -0.4 is 16.0 Å². The molecule has 1 aliphatic heterocycles. The third-order valence-corrected chi connectivity index (χ3v) is 2.38. The Balaban J connectivity index is 2.15. The SMILES string of the molecule is CC(C)(C)NC(=O)NCCC1=CCNCC1. The highest BCUT2D eigenvalue weighted by Crippen LogP contribution is 2.07. The molecule has 0 spiro atoms. The van der Waals surface area contributed by atoms with Gasteiger partial charge in [0.1, 0.15) is 0 Å². The van der Waals surface area contributed by atoms with E-state index in [0.29, 0.717) is 6.54 Å². The average Bonchev–Trinajstić information content (AvgIpc) is 2.16. The van der Waals surface area contributed by atoms with Gasteiger partial charge in [0.15, 0.2) is 0 Å². The molecule has 0 fully saturated rings. The highest BCUT2D eigenvalue weighted by Gasteiger charge is 2.12. The minimum absolute atomic E-state index is 0.0814. The molecular formula is C12H23N3O. The van der Waals surface area contributed by atoms with Gasteiger partial charge in [-0.3, -0.25) is 0 Å². The zero-order valence-corrected chi connectivity index (χ0v) is 10.5. The van der Waals surface area contributed by atoms with E-state index in [-0.39, 0.29) is 11.6 Å². The molecule has 0 aromatic heterocycles. The molecule has 3 N–H and O–H groups in total. The normalized spacial score (nSPS) is 16.6. The molecule has 92 valence electrons. The van der Waals surface area contributed by atoms with Crippen LogP contribution in [-0.2, 0) is 0 Å². The lowest BCUT2D eigenvalue weighted by atomic mass is 10.1. The molecule has 0 radical (unpaired) electrons. The molecule has 1 aliphatic rings. The number of hydrogen-bond acceptors (Lipinski definition) is 2. The molecule has 0 saturated carbocycles. The van der Waals surface area contributed by atoms with Crippen molar-refractivity contribution in [2.75, 3.05) is 19.6 Å². The van der Waals surface area contributed by atoms with Crippen molar-refractivity contribution in [1.29, 1.82) is 0 Å². The Morgan fingerprint density at radius 2 is 2.25 bits per heavy atom. The fourth-order valence-electron chi connectivity index (χ4n) is 1.62. The van der Waals surface area contributed by atoms with Gasteiger partial charge in [0.2, 0.25) is 0 Å². The third kappa shape index (κ3) is 5.75. The van der Waals surface area contributed by atoms with Crippen LogP contribution >= 0.6 is 0 Å². The summed E-state index contributed by atoms with van der Waals surface area (Å²) in [7, 11) is 0. The topological polar surface area (TPSA) is 53.2 Å². The maximum Gasteiger partial charge on any atom is 0.315 e. The van der Waals surface area contributed by atoms with E-state index in [1.165, 1.54) is 5.57 Å². The van der Waals surface area contributed by atoms with Crippen LogP contribution in [0, 0.1) is 0 Å². The smallest absolute Gasteiger partial charge is 0.315 e. The molecular weight excluding hydrogens is 202 g/mol. The fourth-order valence-corrected chi connectivity index (χ4v) is 1.62. The Bertz CT molecular complexity index is 266. The van der Waals surface area contributed by atoms with Crippen molar-refractivity contribution in [2.24, 2.45) is 0 Å². The molecule has 0 atom stereocenters. The van der Waals surface area contributed by atoms with Crippen molar-refractivity contribution >= 4 is 6.03 Å². The molecule has 1 heterocycles. The van der Waals surface area contributed by atoms with Crippen molar-refractivity contribution in [3.05, 3.63) is 11.6 Å². The zero-order chi connectivity index (χ0) is 12.0. The van der Waals surface area contributed by atoms with E-state index >= 15 is 0 Å². The minimum atomic E-state index is -0.169. The second-order valence-corrected chi connectivity index (χ2v) is 5.20. The summed E-state index contributed by atoms with van der Waals surface area (Å²) in [5, 5.41) is 9.02. The van der Waals surface area contributed by atoms with Gasteiger partial charge in [-0.15, -0.1) is 0 Å². The number of urea groups is 1. The maximum atomic E-state index is 11.4. The second-order valence-electron chi connectivity index (χ2n) is 5.20. The summed E-state index contributed by atoms with van der Waals surface area (Å²) in [5.41, 5.74) is 1.27. The Morgan fingerprint density at radius 1 is 1.50 bits per heavy atom.